The van der Waals surface area contributed by atoms with Gasteiger partial charge in [0, 0.05) is 58.2 Å². The van der Waals surface area contributed by atoms with Gasteiger partial charge in [-0.25, -0.2) is 9.97 Å². The van der Waals surface area contributed by atoms with Crippen molar-refractivity contribution in [3.8, 4) is 34.0 Å². The van der Waals surface area contributed by atoms with E-state index in [4.69, 9.17) is 9.97 Å². The monoisotopic (exact) mass is 748 g/mol. The van der Waals surface area contributed by atoms with E-state index in [9.17, 15) is 0 Å². The van der Waals surface area contributed by atoms with E-state index in [1.807, 2.05) is 11.8 Å². The molecule has 5 heterocycles. The summed E-state index contributed by atoms with van der Waals surface area (Å²) in [6.45, 7) is 0. The molecule has 0 radical (unpaired) electrons. The Labute approximate surface area is 328 Å². The van der Waals surface area contributed by atoms with Gasteiger partial charge in [-0.05, 0) is 70.1 Å². The second-order valence-electron chi connectivity index (χ2n) is 14.6. The fourth-order valence-corrected chi connectivity index (χ4v) is 11.3. The summed E-state index contributed by atoms with van der Waals surface area (Å²) in [5, 5.41) is 11.0. The Morgan fingerprint density at radius 2 is 1.20 bits per heavy atom. The van der Waals surface area contributed by atoms with Gasteiger partial charge in [0.1, 0.15) is 10.5 Å². The van der Waals surface area contributed by atoms with Crippen molar-refractivity contribution in [1.29, 1.82) is 0 Å². The third-order valence-electron chi connectivity index (χ3n) is 11.5. The third kappa shape index (κ3) is 4.20. The molecule has 56 heavy (non-hydrogen) atoms. The average molecular weight is 749 g/mol. The zero-order valence-corrected chi connectivity index (χ0v) is 31.4. The molecule has 0 unspecified atom stereocenters. The molecule has 260 valence electrons. The van der Waals surface area contributed by atoms with Crippen molar-refractivity contribution in [2.75, 3.05) is 0 Å². The van der Waals surface area contributed by atoms with Crippen molar-refractivity contribution in [3.05, 3.63) is 170 Å². The molecule has 0 spiro atoms. The minimum Gasteiger partial charge on any atom is -0.295 e. The molecule has 8 aromatic carbocycles. The molecule has 0 N–H and O–H groups in total. The van der Waals surface area contributed by atoms with Gasteiger partial charge in [0.2, 0.25) is 0 Å². The fourth-order valence-electron chi connectivity index (χ4n) is 9.08. The Hall–Kier alpha value is -6.73. The summed E-state index contributed by atoms with van der Waals surface area (Å²) in [7, 11) is 0. The molecule has 0 saturated heterocycles. The van der Waals surface area contributed by atoms with Crippen molar-refractivity contribution >= 4 is 97.8 Å². The highest BCUT2D eigenvalue weighted by Crippen LogP contribution is 2.49. The minimum absolute atomic E-state index is 0.720. The van der Waals surface area contributed by atoms with Crippen molar-refractivity contribution in [1.82, 2.24) is 19.1 Å². The molecule has 0 atom stereocenters. The number of hydrogen-bond acceptors (Lipinski definition) is 4. The van der Waals surface area contributed by atoms with E-state index < -0.39 is 0 Å². The average Bonchev–Trinajstić information content (AvgIpc) is 3.92. The standard InChI is InChI=1S/C50H28N4S2/c1-2-14-34-29(11-1)23-24-30-25-26-31(28-38(30)34)46-45-36-16-4-7-20-41(36)56-49(45)52-48(51-46)32-12-9-13-33(27-32)53-39-18-5-3-15-35(39)44-37-17-10-22-43-47(37)54(50(44)53)40-19-6-8-21-42(40)55-43/h1-28H. The number of para-hydroxylation sites is 3. The third-order valence-corrected chi connectivity index (χ3v) is 13.7. The quantitative estimate of drug-likeness (QED) is 0.169. The van der Waals surface area contributed by atoms with Crippen LogP contribution in [0.2, 0.25) is 0 Å². The zero-order valence-electron chi connectivity index (χ0n) is 29.8. The Bertz CT molecular complexity index is 3640. The summed E-state index contributed by atoms with van der Waals surface area (Å²) < 4.78 is 6.14. The van der Waals surface area contributed by atoms with Crippen LogP contribution in [0, 0.1) is 0 Å². The van der Waals surface area contributed by atoms with Crippen LogP contribution in [0.5, 0.6) is 0 Å². The highest BCUT2D eigenvalue weighted by molar-refractivity contribution is 7.99. The normalized spacial score (nSPS) is 12.6. The Morgan fingerprint density at radius 1 is 0.464 bits per heavy atom. The summed E-state index contributed by atoms with van der Waals surface area (Å²) in [6, 6.07) is 61.6. The van der Waals surface area contributed by atoms with Crippen LogP contribution in [-0.2, 0) is 0 Å². The van der Waals surface area contributed by atoms with Gasteiger partial charge >= 0.3 is 0 Å². The Kier molecular flexibility index (Phi) is 6.23. The fraction of sp³-hybridized carbons (Fsp3) is 0. The van der Waals surface area contributed by atoms with Gasteiger partial charge in [0.25, 0.3) is 0 Å². The summed E-state index contributed by atoms with van der Waals surface area (Å²) in [5.74, 6) is 0.720. The second kappa shape index (κ2) is 11.4. The van der Waals surface area contributed by atoms with Gasteiger partial charge in [-0.15, -0.1) is 11.3 Å². The van der Waals surface area contributed by atoms with Gasteiger partial charge < -0.3 is 0 Å². The van der Waals surface area contributed by atoms with Crippen molar-refractivity contribution in [2.24, 2.45) is 0 Å². The molecule has 6 heteroatoms. The SMILES string of the molecule is c1cc(-c2nc(-c3ccc4ccc5ccccc5c4c3)c3c(n2)sc2ccccc23)cc(-n2c3ccccc3c3c4cccc5c4n(c32)-c2ccccc2S5)c1. The Balaban J connectivity index is 1.08. The molecule has 13 rings (SSSR count). The molecule has 0 saturated carbocycles. The minimum atomic E-state index is 0.720. The molecule has 0 amide bonds. The second-order valence-corrected chi connectivity index (χ2v) is 16.7. The van der Waals surface area contributed by atoms with Crippen LogP contribution >= 0.6 is 23.1 Å². The van der Waals surface area contributed by atoms with Gasteiger partial charge in [0.05, 0.1) is 22.4 Å². The van der Waals surface area contributed by atoms with Crippen molar-refractivity contribution in [3.63, 3.8) is 0 Å². The summed E-state index contributed by atoms with van der Waals surface area (Å²) in [6.07, 6.45) is 0. The lowest BCUT2D eigenvalue weighted by Crippen LogP contribution is -2.05. The van der Waals surface area contributed by atoms with Crippen LogP contribution in [0.25, 0.3) is 109 Å². The van der Waals surface area contributed by atoms with Gasteiger partial charge in [-0.2, -0.15) is 0 Å². The number of hydrogen-bond donors (Lipinski definition) is 0. The maximum Gasteiger partial charge on any atom is 0.161 e. The van der Waals surface area contributed by atoms with E-state index in [1.165, 1.54) is 79.9 Å². The van der Waals surface area contributed by atoms with Crippen LogP contribution < -0.4 is 0 Å². The number of aromatic nitrogens is 4. The van der Waals surface area contributed by atoms with E-state index in [1.54, 1.807) is 11.3 Å². The summed E-state index contributed by atoms with van der Waals surface area (Å²) in [5.41, 5.74) is 8.92. The molecule has 0 bridgehead atoms. The molecule has 1 aliphatic rings. The molecule has 12 aromatic rings. The smallest absolute Gasteiger partial charge is 0.161 e. The zero-order chi connectivity index (χ0) is 36.5. The predicted molar refractivity (Wildman–Crippen MR) is 236 cm³/mol. The molecule has 1 aliphatic heterocycles. The highest BCUT2D eigenvalue weighted by atomic mass is 32.2. The van der Waals surface area contributed by atoms with Crippen LogP contribution in [-0.4, -0.2) is 19.1 Å². The largest absolute Gasteiger partial charge is 0.295 e. The lowest BCUT2D eigenvalue weighted by atomic mass is 9.97. The summed E-state index contributed by atoms with van der Waals surface area (Å²) >= 11 is 3.60. The van der Waals surface area contributed by atoms with Gasteiger partial charge in [0.15, 0.2) is 5.82 Å². The lowest BCUT2D eigenvalue weighted by molar-refractivity contribution is 1.03. The molecular formula is C50H28N4S2. The first-order chi connectivity index (χ1) is 27.8. The van der Waals surface area contributed by atoms with E-state index in [2.05, 4.69) is 179 Å². The topological polar surface area (TPSA) is 35.6 Å². The van der Waals surface area contributed by atoms with Crippen LogP contribution in [0.3, 0.4) is 0 Å². The van der Waals surface area contributed by atoms with E-state index in [0.29, 0.717) is 0 Å². The van der Waals surface area contributed by atoms with Gasteiger partial charge in [-0.3, -0.25) is 9.13 Å². The molecule has 0 fully saturated rings. The first-order valence-electron chi connectivity index (χ1n) is 18.8. The predicted octanol–water partition coefficient (Wildman–Crippen LogP) is 14.0. The van der Waals surface area contributed by atoms with Crippen molar-refractivity contribution in [2.45, 2.75) is 9.79 Å². The van der Waals surface area contributed by atoms with E-state index in [-0.39, 0.29) is 0 Å². The number of nitrogens with zero attached hydrogens (tertiary/aromatic N) is 4. The van der Waals surface area contributed by atoms with E-state index >= 15 is 0 Å². The molecule has 4 aromatic heterocycles. The molecule has 0 aliphatic carbocycles. The Morgan fingerprint density at radius 3 is 2.14 bits per heavy atom. The highest BCUT2D eigenvalue weighted by Gasteiger charge is 2.28. The first kappa shape index (κ1) is 30.6. The molecule has 4 nitrogen and oxygen atoms in total. The maximum atomic E-state index is 5.50. The van der Waals surface area contributed by atoms with Crippen LogP contribution in [0.15, 0.2) is 180 Å². The van der Waals surface area contributed by atoms with Crippen molar-refractivity contribution < 1.29 is 0 Å². The number of benzene rings is 8. The van der Waals surface area contributed by atoms with Crippen LogP contribution in [0.1, 0.15) is 0 Å². The van der Waals surface area contributed by atoms with E-state index in [0.717, 1.165) is 38.5 Å². The number of thiophene rings is 1. The number of rotatable bonds is 3. The van der Waals surface area contributed by atoms with Gasteiger partial charge in [-0.1, -0.05) is 133 Å². The maximum absolute atomic E-state index is 5.50. The van der Waals surface area contributed by atoms with Crippen LogP contribution in [0.4, 0.5) is 0 Å². The molecular weight excluding hydrogens is 721 g/mol. The lowest BCUT2D eigenvalue weighted by Gasteiger charge is -2.21. The first-order valence-corrected chi connectivity index (χ1v) is 20.5. The number of fused-ring (bicyclic) bond motifs is 13. The summed E-state index contributed by atoms with van der Waals surface area (Å²) in [4.78, 5) is 14.4.